The van der Waals surface area contributed by atoms with Crippen molar-refractivity contribution in [3.63, 3.8) is 0 Å². The molecule has 1 aromatic heterocycles. The molecule has 1 atom stereocenters. The number of nitrogens with one attached hydrogen (secondary N) is 1. The number of likely N-dealkylation sites (N-methyl/N-ethyl adjacent to an activating group) is 1. The molecule has 0 radical (unpaired) electrons. The van der Waals surface area contributed by atoms with Gasteiger partial charge in [0.2, 0.25) is 5.91 Å². The molecule has 156 valence electrons. The number of benzene rings is 1. The van der Waals surface area contributed by atoms with Gasteiger partial charge >= 0.3 is 0 Å². The van der Waals surface area contributed by atoms with Gasteiger partial charge in [0.15, 0.2) is 5.82 Å². The summed E-state index contributed by atoms with van der Waals surface area (Å²) in [5.74, 6) is 2.36. The molecule has 2 aliphatic rings. The standard InChI is InChI=1S/C22H24FN5O2/c1-12-20-21(28(3)13(2)22(29)27-20)26-19(25-12)8-14-6-15(7-14)11-30-18-5-4-17(23)9-16(18)10-24/h4-5,9,13-15H,6-8,11H2,1-3H3,(H,27,29)/t13-,14?,15?/m0/s1. The third-order valence-electron chi connectivity index (χ3n) is 6.00. The number of amides is 1. The smallest absolute Gasteiger partial charge is 0.246 e. The minimum absolute atomic E-state index is 0.0491. The van der Waals surface area contributed by atoms with Gasteiger partial charge in [-0.05, 0) is 56.7 Å². The van der Waals surface area contributed by atoms with E-state index in [2.05, 4.69) is 10.3 Å². The number of rotatable bonds is 5. The lowest BCUT2D eigenvalue weighted by Crippen LogP contribution is -2.45. The predicted molar refractivity (Wildman–Crippen MR) is 110 cm³/mol. The van der Waals surface area contributed by atoms with Gasteiger partial charge in [-0.2, -0.15) is 5.26 Å². The summed E-state index contributed by atoms with van der Waals surface area (Å²) in [5, 5.41) is 12.0. The fraction of sp³-hybridized carbons (Fsp3) is 0.455. The Hall–Kier alpha value is -3.21. The van der Waals surface area contributed by atoms with Gasteiger partial charge in [-0.15, -0.1) is 0 Å². The highest BCUT2D eigenvalue weighted by Crippen LogP contribution is 2.38. The Labute approximate surface area is 174 Å². The van der Waals surface area contributed by atoms with Crippen molar-refractivity contribution in [1.82, 2.24) is 9.97 Å². The van der Waals surface area contributed by atoms with Gasteiger partial charge in [0.25, 0.3) is 0 Å². The van der Waals surface area contributed by atoms with Crippen LogP contribution >= 0.6 is 0 Å². The van der Waals surface area contributed by atoms with Crippen LogP contribution in [0.2, 0.25) is 0 Å². The molecule has 1 fully saturated rings. The molecule has 7 nitrogen and oxygen atoms in total. The number of nitriles is 1. The number of carbonyl (C=O) groups is 1. The number of ether oxygens (including phenoxy) is 1. The summed E-state index contributed by atoms with van der Waals surface area (Å²) < 4.78 is 19.0. The number of hydrogen-bond acceptors (Lipinski definition) is 6. The number of aryl methyl sites for hydroxylation is 1. The molecular formula is C22H24FN5O2. The van der Waals surface area contributed by atoms with E-state index in [1.54, 1.807) is 0 Å². The zero-order valence-electron chi connectivity index (χ0n) is 17.3. The van der Waals surface area contributed by atoms with Crippen LogP contribution < -0.4 is 15.0 Å². The van der Waals surface area contributed by atoms with Crippen molar-refractivity contribution in [2.75, 3.05) is 23.9 Å². The zero-order chi connectivity index (χ0) is 21.4. The van der Waals surface area contributed by atoms with Gasteiger partial charge in [0.1, 0.15) is 35.2 Å². The summed E-state index contributed by atoms with van der Waals surface area (Å²) >= 11 is 0. The first-order valence-electron chi connectivity index (χ1n) is 10.1. The van der Waals surface area contributed by atoms with Gasteiger partial charge in [0, 0.05) is 13.5 Å². The molecule has 0 bridgehead atoms. The van der Waals surface area contributed by atoms with Crippen molar-refractivity contribution in [2.24, 2.45) is 11.8 Å². The maximum Gasteiger partial charge on any atom is 0.246 e. The van der Waals surface area contributed by atoms with Gasteiger partial charge in [-0.25, -0.2) is 14.4 Å². The summed E-state index contributed by atoms with van der Waals surface area (Å²) in [7, 11) is 1.88. The summed E-state index contributed by atoms with van der Waals surface area (Å²) in [6.45, 7) is 4.25. The summed E-state index contributed by atoms with van der Waals surface area (Å²) in [4.78, 5) is 23.2. The van der Waals surface area contributed by atoms with E-state index in [1.807, 2.05) is 31.9 Å². The van der Waals surface area contributed by atoms with E-state index in [1.165, 1.54) is 18.2 Å². The molecule has 1 aromatic carbocycles. The normalized spacial score (nSPS) is 22.6. The number of fused-ring (bicyclic) bond motifs is 1. The van der Waals surface area contributed by atoms with Crippen LogP contribution in [0.15, 0.2) is 18.2 Å². The van der Waals surface area contributed by atoms with E-state index in [9.17, 15) is 9.18 Å². The number of halogens is 1. The summed E-state index contributed by atoms with van der Waals surface area (Å²) in [6.07, 6.45) is 2.76. The van der Waals surface area contributed by atoms with Crippen LogP contribution in [0.3, 0.4) is 0 Å². The van der Waals surface area contributed by atoms with Crippen molar-refractivity contribution in [3.05, 3.63) is 41.1 Å². The molecule has 0 saturated heterocycles. The largest absolute Gasteiger partial charge is 0.492 e. The highest BCUT2D eigenvalue weighted by molar-refractivity contribution is 6.02. The molecule has 8 heteroatoms. The van der Waals surface area contributed by atoms with Crippen LogP contribution in [0.25, 0.3) is 0 Å². The highest BCUT2D eigenvalue weighted by atomic mass is 19.1. The monoisotopic (exact) mass is 409 g/mol. The van der Waals surface area contributed by atoms with E-state index in [0.29, 0.717) is 29.9 Å². The number of nitrogens with zero attached hydrogens (tertiary/aromatic N) is 4. The quantitative estimate of drug-likeness (QED) is 0.815. The van der Waals surface area contributed by atoms with Gasteiger partial charge in [-0.3, -0.25) is 4.79 Å². The molecule has 1 N–H and O–H groups in total. The second-order valence-electron chi connectivity index (χ2n) is 8.17. The minimum atomic E-state index is -0.442. The van der Waals surface area contributed by atoms with Crippen molar-refractivity contribution in [2.45, 2.75) is 39.2 Å². The maximum atomic E-state index is 13.2. The molecule has 0 unspecified atom stereocenters. The Kier molecular flexibility index (Phi) is 5.29. The molecule has 1 saturated carbocycles. The maximum absolute atomic E-state index is 13.2. The average Bonchev–Trinajstić information content (AvgIpc) is 2.69. The lowest BCUT2D eigenvalue weighted by molar-refractivity contribution is -0.117. The van der Waals surface area contributed by atoms with Crippen molar-refractivity contribution < 1.29 is 13.9 Å². The first-order valence-corrected chi connectivity index (χ1v) is 10.1. The molecule has 2 aromatic rings. The van der Waals surface area contributed by atoms with Crippen molar-refractivity contribution >= 4 is 17.4 Å². The molecule has 4 rings (SSSR count). The Bertz CT molecular complexity index is 1030. The second-order valence-corrected chi connectivity index (χ2v) is 8.17. The SMILES string of the molecule is Cc1nc(CC2CC(COc3ccc(F)cc3C#N)C2)nc2c1NC(=O)[C@H](C)N2C. The van der Waals surface area contributed by atoms with Gasteiger partial charge in [0.05, 0.1) is 17.9 Å². The topological polar surface area (TPSA) is 91.1 Å². The number of hydrogen-bond donors (Lipinski definition) is 1. The Morgan fingerprint density at radius 1 is 1.33 bits per heavy atom. The van der Waals surface area contributed by atoms with E-state index in [0.717, 1.165) is 36.6 Å². The average molecular weight is 409 g/mol. The summed E-state index contributed by atoms with van der Waals surface area (Å²) in [6, 6.07) is 5.69. The minimum Gasteiger partial charge on any atom is -0.492 e. The van der Waals surface area contributed by atoms with Crippen LogP contribution in [0, 0.1) is 35.9 Å². The van der Waals surface area contributed by atoms with E-state index in [-0.39, 0.29) is 17.5 Å². The van der Waals surface area contributed by atoms with Gasteiger partial charge < -0.3 is 15.0 Å². The molecular weight excluding hydrogens is 385 g/mol. The van der Waals surface area contributed by atoms with Crippen LogP contribution in [0.1, 0.15) is 36.8 Å². The molecule has 1 aliphatic heterocycles. The molecule has 30 heavy (non-hydrogen) atoms. The van der Waals surface area contributed by atoms with Crippen molar-refractivity contribution in [3.8, 4) is 11.8 Å². The Morgan fingerprint density at radius 3 is 2.83 bits per heavy atom. The van der Waals surface area contributed by atoms with Crippen molar-refractivity contribution in [1.29, 1.82) is 5.26 Å². The van der Waals surface area contributed by atoms with Crippen LogP contribution in [0.5, 0.6) is 5.75 Å². The number of carbonyl (C=O) groups excluding carboxylic acids is 1. The second kappa shape index (κ2) is 7.90. The third-order valence-corrected chi connectivity index (χ3v) is 6.00. The Balaban J connectivity index is 1.34. The van der Waals surface area contributed by atoms with E-state index >= 15 is 0 Å². The van der Waals surface area contributed by atoms with Crippen LogP contribution in [-0.4, -0.2) is 35.6 Å². The molecule has 1 amide bonds. The fourth-order valence-corrected chi connectivity index (χ4v) is 4.05. The Morgan fingerprint density at radius 2 is 2.10 bits per heavy atom. The highest BCUT2D eigenvalue weighted by Gasteiger charge is 2.33. The first-order chi connectivity index (χ1) is 14.4. The fourth-order valence-electron chi connectivity index (χ4n) is 4.05. The lowest BCUT2D eigenvalue weighted by atomic mass is 9.73. The van der Waals surface area contributed by atoms with E-state index < -0.39 is 5.82 Å². The van der Waals surface area contributed by atoms with Crippen LogP contribution in [-0.2, 0) is 11.2 Å². The number of aromatic nitrogens is 2. The lowest BCUT2D eigenvalue weighted by Gasteiger charge is -2.36. The van der Waals surface area contributed by atoms with Gasteiger partial charge in [-0.1, -0.05) is 0 Å². The van der Waals surface area contributed by atoms with Crippen LogP contribution in [0.4, 0.5) is 15.9 Å². The number of anilines is 2. The van der Waals surface area contributed by atoms with E-state index in [4.69, 9.17) is 15.0 Å². The molecule has 2 heterocycles. The molecule has 0 spiro atoms. The predicted octanol–water partition coefficient (Wildman–Crippen LogP) is 3.22. The third kappa shape index (κ3) is 3.80. The molecule has 1 aliphatic carbocycles. The summed E-state index contributed by atoms with van der Waals surface area (Å²) in [5.41, 5.74) is 1.69. The zero-order valence-corrected chi connectivity index (χ0v) is 17.3. The first kappa shape index (κ1) is 20.1.